The number of nitriles is 1. The van der Waals surface area contributed by atoms with E-state index in [0.29, 0.717) is 22.0 Å². The Kier molecular flexibility index (Phi) is 6.53. The molecular formula is C27H20F3N3O3. The van der Waals surface area contributed by atoms with E-state index in [-0.39, 0.29) is 23.4 Å². The van der Waals surface area contributed by atoms with Gasteiger partial charge in [-0.05, 0) is 48.4 Å². The van der Waals surface area contributed by atoms with Crippen LogP contribution in [0.15, 0.2) is 72.8 Å². The summed E-state index contributed by atoms with van der Waals surface area (Å²) in [4.78, 5) is 24.5. The molecule has 0 aliphatic heterocycles. The van der Waals surface area contributed by atoms with E-state index in [1.165, 1.54) is 24.3 Å². The number of benzene rings is 3. The van der Waals surface area contributed by atoms with Crippen LogP contribution in [0.5, 0.6) is 0 Å². The highest BCUT2D eigenvalue weighted by Gasteiger charge is 2.31. The van der Waals surface area contributed by atoms with Crippen LogP contribution in [-0.4, -0.2) is 21.6 Å². The number of aromatic carboxylic acids is 1. The van der Waals surface area contributed by atoms with Gasteiger partial charge in [0.1, 0.15) is 11.8 Å². The number of hydrogen-bond acceptors (Lipinski definition) is 3. The number of carboxylic acid groups (broad SMARTS) is 1. The molecule has 0 aliphatic carbocycles. The Hall–Kier alpha value is -4.58. The number of alkyl halides is 3. The predicted molar refractivity (Wildman–Crippen MR) is 126 cm³/mol. The van der Waals surface area contributed by atoms with Gasteiger partial charge in [-0.1, -0.05) is 42.5 Å². The van der Waals surface area contributed by atoms with Crippen LogP contribution in [0.1, 0.15) is 56.1 Å². The molecule has 2 N–H and O–H groups in total. The standard InChI is InChI=1S/C27H20F3N3O3/c1-16(18-9-11-19(12-10-18)26(35)36)32-25(34)24-22(14-31)21-7-2-3-8-23(21)33(24)15-17-5-4-6-20(13-17)27(28,29)30/h2-13,16H,15H2,1H3,(H,32,34)(H,35,36)/t16-/m0/s1. The second kappa shape index (κ2) is 9.58. The van der Waals surface area contributed by atoms with Crippen molar-refractivity contribution in [2.75, 3.05) is 0 Å². The lowest BCUT2D eigenvalue weighted by Crippen LogP contribution is -2.29. The predicted octanol–water partition coefficient (Wildman–Crippen LogP) is 5.77. The fraction of sp³-hybridized carbons (Fsp3) is 0.148. The smallest absolute Gasteiger partial charge is 0.416 e. The fourth-order valence-corrected chi connectivity index (χ4v) is 4.11. The van der Waals surface area contributed by atoms with Crippen molar-refractivity contribution in [2.45, 2.75) is 25.7 Å². The molecule has 4 aromatic rings. The number of hydrogen-bond donors (Lipinski definition) is 2. The number of carbonyl (C=O) groups is 2. The monoisotopic (exact) mass is 491 g/mol. The van der Waals surface area contributed by atoms with Crippen molar-refractivity contribution in [3.05, 3.63) is 106 Å². The van der Waals surface area contributed by atoms with Gasteiger partial charge in [0.15, 0.2) is 0 Å². The molecule has 0 radical (unpaired) electrons. The van der Waals surface area contributed by atoms with Gasteiger partial charge in [0.25, 0.3) is 5.91 Å². The first-order valence-electron chi connectivity index (χ1n) is 10.9. The molecule has 4 rings (SSSR count). The van der Waals surface area contributed by atoms with Crippen LogP contribution in [0, 0.1) is 11.3 Å². The van der Waals surface area contributed by atoms with Crippen molar-refractivity contribution in [1.82, 2.24) is 9.88 Å². The van der Waals surface area contributed by atoms with Gasteiger partial charge < -0.3 is 15.0 Å². The van der Waals surface area contributed by atoms with Gasteiger partial charge >= 0.3 is 12.1 Å². The van der Waals surface area contributed by atoms with E-state index in [9.17, 15) is 28.0 Å². The number of carboxylic acids is 1. The van der Waals surface area contributed by atoms with E-state index in [2.05, 4.69) is 11.4 Å². The van der Waals surface area contributed by atoms with Crippen LogP contribution in [0.3, 0.4) is 0 Å². The van der Waals surface area contributed by atoms with Crippen molar-refractivity contribution in [3.8, 4) is 6.07 Å². The summed E-state index contributed by atoms with van der Waals surface area (Å²) in [5.41, 5.74) is 0.948. The third-order valence-corrected chi connectivity index (χ3v) is 5.90. The summed E-state index contributed by atoms with van der Waals surface area (Å²) in [5, 5.41) is 22.3. The molecule has 0 fully saturated rings. The minimum atomic E-state index is -4.52. The molecule has 0 bridgehead atoms. The third kappa shape index (κ3) is 4.79. The maximum atomic E-state index is 13.4. The van der Waals surface area contributed by atoms with Crippen LogP contribution < -0.4 is 5.32 Å². The van der Waals surface area contributed by atoms with Crippen LogP contribution in [0.25, 0.3) is 10.9 Å². The largest absolute Gasteiger partial charge is 0.478 e. The lowest BCUT2D eigenvalue weighted by Gasteiger charge is -2.17. The molecule has 0 unspecified atom stereocenters. The first kappa shape index (κ1) is 24.5. The number of nitrogens with zero attached hydrogens (tertiary/aromatic N) is 2. The maximum absolute atomic E-state index is 13.4. The lowest BCUT2D eigenvalue weighted by atomic mass is 10.1. The molecule has 0 spiro atoms. The Morgan fingerprint density at radius 3 is 2.39 bits per heavy atom. The minimum absolute atomic E-state index is 0.0325. The summed E-state index contributed by atoms with van der Waals surface area (Å²) < 4.78 is 41.3. The summed E-state index contributed by atoms with van der Waals surface area (Å²) in [5.74, 6) is -1.65. The highest BCUT2D eigenvalue weighted by molar-refractivity contribution is 6.03. The topological polar surface area (TPSA) is 95.1 Å². The van der Waals surface area contributed by atoms with E-state index in [0.717, 1.165) is 12.1 Å². The number of para-hydroxylation sites is 1. The maximum Gasteiger partial charge on any atom is 0.416 e. The summed E-state index contributed by atoms with van der Waals surface area (Å²) in [6.07, 6.45) is -4.52. The lowest BCUT2D eigenvalue weighted by molar-refractivity contribution is -0.137. The van der Waals surface area contributed by atoms with Crippen molar-refractivity contribution in [2.24, 2.45) is 0 Å². The Labute approximate surface area is 204 Å². The molecule has 1 atom stereocenters. The molecule has 1 heterocycles. The zero-order valence-electron chi connectivity index (χ0n) is 19.0. The molecule has 9 heteroatoms. The van der Waals surface area contributed by atoms with Crippen molar-refractivity contribution in [1.29, 1.82) is 5.26 Å². The Balaban J connectivity index is 1.74. The van der Waals surface area contributed by atoms with Gasteiger partial charge in [-0.15, -0.1) is 0 Å². The van der Waals surface area contributed by atoms with Gasteiger partial charge in [-0.2, -0.15) is 18.4 Å². The fourth-order valence-electron chi connectivity index (χ4n) is 4.11. The molecule has 0 aliphatic rings. The van der Waals surface area contributed by atoms with Gasteiger partial charge in [0.05, 0.1) is 28.2 Å². The molecular weight excluding hydrogens is 471 g/mol. The van der Waals surface area contributed by atoms with E-state index < -0.39 is 29.7 Å². The van der Waals surface area contributed by atoms with E-state index in [1.54, 1.807) is 47.9 Å². The summed E-state index contributed by atoms with van der Waals surface area (Å²) >= 11 is 0. The van der Waals surface area contributed by atoms with Crippen LogP contribution in [-0.2, 0) is 12.7 Å². The first-order valence-corrected chi connectivity index (χ1v) is 10.9. The van der Waals surface area contributed by atoms with Gasteiger partial charge in [0, 0.05) is 11.9 Å². The average Bonchev–Trinajstić information content (AvgIpc) is 3.17. The molecule has 182 valence electrons. The molecule has 6 nitrogen and oxygen atoms in total. The molecule has 36 heavy (non-hydrogen) atoms. The molecule has 0 saturated heterocycles. The quantitative estimate of drug-likeness (QED) is 0.358. The van der Waals surface area contributed by atoms with Gasteiger partial charge in [-0.25, -0.2) is 4.79 Å². The molecule has 1 aromatic heterocycles. The zero-order valence-corrected chi connectivity index (χ0v) is 19.0. The van der Waals surface area contributed by atoms with E-state index in [1.807, 2.05) is 0 Å². The second-order valence-corrected chi connectivity index (χ2v) is 8.26. The Morgan fingerprint density at radius 2 is 1.75 bits per heavy atom. The van der Waals surface area contributed by atoms with Crippen molar-refractivity contribution in [3.63, 3.8) is 0 Å². The number of nitrogens with one attached hydrogen (secondary N) is 1. The normalized spacial score (nSPS) is 12.2. The average molecular weight is 491 g/mol. The number of fused-ring (bicyclic) bond motifs is 1. The van der Waals surface area contributed by atoms with Crippen LogP contribution in [0.4, 0.5) is 13.2 Å². The number of carbonyl (C=O) groups excluding carboxylic acids is 1. The van der Waals surface area contributed by atoms with Crippen LogP contribution >= 0.6 is 0 Å². The molecule has 3 aromatic carbocycles. The number of halogens is 3. The van der Waals surface area contributed by atoms with Crippen molar-refractivity contribution < 1.29 is 27.9 Å². The third-order valence-electron chi connectivity index (χ3n) is 5.90. The van der Waals surface area contributed by atoms with Gasteiger partial charge in [0.2, 0.25) is 0 Å². The highest BCUT2D eigenvalue weighted by atomic mass is 19.4. The van der Waals surface area contributed by atoms with E-state index >= 15 is 0 Å². The number of rotatable bonds is 6. The summed E-state index contributed by atoms with van der Waals surface area (Å²) in [6, 6.07) is 19.2. The molecule has 0 saturated carbocycles. The second-order valence-electron chi connectivity index (χ2n) is 8.26. The van der Waals surface area contributed by atoms with Crippen molar-refractivity contribution >= 4 is 22.8 Å². The van der Waals surface area contributed by atoms with Crippen LogP contribution in [0.2, 0.25) is 0 Å². The van der Waals surface area contributed by atoms with E-state index in [4.69, 9.17) is 5.11 Å². The Bertz CT molecular complexity index is 1500. The minimum Gasteiger partial charge on any atom is -0.478 e. The number of aromatic nitrogens is 1. The number of amides is 1. The zero-order chi connectivity index (χ0) is 26.0. The van der Waals surface area contributed by atoms with Gasteiger partial charge in [-0.3, -0.25) is 4.79 Å². The molecule has 1 amide bonds. The summed E-state index contributed by atoms with van der Waals surface area (Å²) in [6.45, 7) is 1.65. The first-order chi connectivity index (χ1) is 17.1. The summed E-state index contributed by atoms with van der Waals surface area (Å²) in [7, 11) is 0. The Morgan fingerprint density at radius 1 is 1.06 bits per heavy atom. The highest BCUT2D eigenvalue weighted by Crippen LogP contribution is 2.31. The SMILES string of the molecule is C[C@H](NC(=O)c1c(C#N)c2ccccc2n1Cc1cccc(C(F)(F)F)c1)c1ccc(C(=O)O)cc1.